The molecule has 0 radical (unpaired) electrons. The number of methoxy groups -OCH3 is 1. The SMILES string of the molecule is COc1ccc(-c2nc3ccc(F)cn3c2CCl)cc1. The summed E-state index contributed by atoms with van der Waals surface area (Å²) in [7, 11) is 1.62. The Morgan fingerprint density at radius 2 is 1.95 bits per heavy atom. The normalized spacial score (nSPS) is 10.9. The molecule has 3 nitrogen and oxygen atoms in total. The van der Waals surface area contributed by atoms with E-state index in [1.807, 2.05) is 24.3 Å². The number of pyridine rings is 1. The molecule has 0 atom stereocenters. The van der Waals surface area contributed by atoms with E-state index in [1.54, 1.807) is 17.6 Å². The Kier molecular flexibility index (Phi) is 3.32. The summed E-state index contributed by atoms with van der Waals surface area (Å²) >= 11 is 6.01. The highest BCUT2D eigenvalue weighted by atomic mass is 35.5. The van der Waals surface area contributed by atoms with E-state index in [-0.39, 0.29) is 11.7 Å². The van der Waals surface area contributed by atoms with Gasteiger partial charge in [0.05, 0.1) is 24.4 Å². The van der Waals surface area contributed by atoms with Crippen molar-refractivity contribution in [2.45, 2.75) is 5.88 Å². The van der Waals surface area contributed by atoms with Crippen LogP contribution in [0.4, 0.5) is 4.39 Å². The molecule has 5 heteroatoms. The molecular weight excluding hydrogens is 279 g/mol. The second kappa shape index (κ2) is 5.13. The van der Waals surface area contributed by atoms with Crippen LogP contribution >= 0.6 is 11.6 Å². The van der Waals surface area contributed by atoms with Gasteiger partial charge in [-0.1, -0.05) is 0 Å². The number of benzene rings is 1. The average Bonchev–Trinajstić information content (AvgIpc) is 2.85. The first kappa shape index (κ1) is 12.9. The molecule has 0 aliphatic carbocycles. The molecular formula is C15H12ClFN2O. The molecule has 0 saturated heterocycles. The summed E-state index contributed by atoms with van der Waals surface area (Å²) in [6, 6.07) is 10.6. The van der Waals surface area contributed by atoms with Gasteiger partial charge in [0, 0.05) is 11.8 Å². The zero-order valence-electron chi connectivity index (χ0n) is 10.8. The van der Waals surface area contributed by atoms with Gasteiger partial charge in [-0.25, -0.2) is 9.37 Å². The van der Waals surface area contributed by atoms with Gasteiger partial charge in [-0.15, -0.1) is 11.6 Å². The van der Waals surface area contributed by atoms with Crippen LogP contribution < -0.4 is 4.74 Å². The summed E-state index contributed by atoms with van der Waals surface area (Å²) in [5.74, 6) is 0.713. The fourth-order valence-corrected chi connectivity index (χ4v) is 2.43. The maximum Gasteiger partial charge on any atom is 0.139 e. The van der Waals surface area contributed by atoms with E-state index >= 15 is 0 Å². The van der Waals surface area contributed by atoms with Crippen molar-refractivity contribution in [3.63, 3.8) is 0 Å². The summed E-state index contributed by atoms with van der Waals surface area (Å²) < 4.78 is 20.2. The largest absolute Gasteiger partial charge is 0.497 e. The van der Waals surface area contributed by atoms with Gasteiger partial charge in [-0.3, -0.25) is 4.40 Å². The highest BCUT2D eigenvalue weighted by Gasteiger charge is 2.13. The molecule has 102 valence electrons. The topological polar surface area (TPSA) is 26.5 Å². The van der Waals surface area contributed by atoms with Crippen LogP contribution in [0.2, 0.25) is 0 Å². The van der Waals surface area contributed by atoms with Crippen molar-refractivity contribution in [2.24, 2.45) is 0 Å². The van der Waals surface area contributed by atoms with Crippen LogP contribution in [0.1, 0.15) is 5.69 Å². The number of imidazole rings is 1. The number of rotatable bonds is 3. The third-order valence-electron chi connectivity index (χ3n) is 3.17. The van der Waals surface area contributed by atoms with Crippen molar-refractivity contribution in [1.82, 2.24) is 9.38 Å². The summed E-state index contributed by atoms with van der Waals surface area (Å²) in [4.78, 5) is 4.52. The molecule has 2 heterocycles. The number of fused-ring (bicyclic) bond motifs is 1. The van der Waals surface area contributed by atoms with E-state index in [0.717, 1.165) is 22.7 Å². The van der Waals surface area contributed by atoms with Crippen molar-refractivity contribution in [1.29, 1.82) is 0 Å². The highest BCUT2D eigenvalue weighted by Crippen LogP contribution is 2.27. The number of ether oxygens (including phenoxy) is 1. The Morgan fingerprint density at radius 3 is 2.60 bits per heavy atom. The van der Waals surface area contributed by atoms with Gasteiger partial charge in [-0.05, 0) is 36.4 Å². The number of hydrogen-bond donors (Lipinski definition) is 0. The van der Waals surface area contributed by atoms with Crippen LogP contribution in [0.3, 0.4) is 0 Å². The van der Waals surface area contributed by atoms with E-state index in [2.05, 4.69) is 4.98 Å². The fraction of sp³-hybridized carbons (Fsp3) is 0.133. The van der Waals surface area contributed by atoms with Gasteiger partial charge in [0.15, 0.2) is 0 Å². The van der Waals surface area contributed by atoms with E-state index in [4.69, 9.17) is 16.3 Å². The lowest BCUT2D eigenvalue weighted by Gasteiger charge is -2.03. The van der Waals surface area contributed by atoms with Gasteiger partial charge < -0.3 is 4.74 Å². The standard InChI is InChI=1S/C15H12ClFN2O/c1-20-12-5-2-10(3-6-12)15-13(8-16)19-9-11(17)4-7-14(19)18-15/h2-7,9H,8H2,1H3. The van der Waals surface area contributed by atoms with Crippen molar-refractivity contribution >= 4 is 17.2 Å². The Bertz CT molecular complexity index is 752. The predicted octanol–water partition coefficient (Wildman–Crippen LogP) is 3.89. The first-order valence-corrected chi connectivity index (χ1v) is 6.63. The third kappa shape index (κ3) is 2.12. The van der Waals surface area contributed by atoms with Gasteiger partial charge in [0.2, 0.25) is 0 Å². The molecule has 3 aromatic rings. The van der Waals surface area contributed by atoms with Crippen LogP contribution in [0.25, 0.3) is 16.9 Å². The lowest BCUT2D eigenvalue weighted by atomic mass is 10.1. The molecule has 0 amide bonds. The molecule has 2 aromatic heterocycles. The molecule has 0 N–H and O–H groups in total. The second-order valence-corrected chi connectivity index (χ2v) is 4.61. The van der Waals surface area contributed by atoms with Crippen LogP contribution in [0.15, 0.2) is 42.6 Å². The van der Waals surface area contributed by atoms with E-state index < -0.39 is 0 Å². The number of alkyl halides is 1. The summed E-state index contributed by atoms with van der Waals surface area (Å²) in [6.45, 7) is 0. The van der Waals surface area contributed by atoms with Crippen LogP contribution in [-0.2, 0) is 5.88 Å². The van der Waals surface area contributed by atoms with Gasteiger partial charge >= 0.3 is 0 Å². The smallest absolute Gasteiger partial charge is 0.139 e. The Labute approximate surface area is 120 Å². The maximum atomic E-state index is 13.4. The molecule has 0 aliphatic heterocycles. The van der Waals surface area contributed by atoms with Crippen molar-refractivity contribution in [3.05, 3.63) is 54.1 Å². The molecule has 0 saturated carbocycles. The monoisotopic (exact) mass is 290 g/mol. The minimum absolute atomic E-state index is 0.256. The third-order valence-corrected chi connectivity index (χ3v) is 3.42. The Morgan fingerprint density at radius 1 is 1.20 bits per heavy atom. The second-order valence-electron chi connectivity index (χ2n) is 4.34. The molecule has 20 heavy (non-hydrogen) atoms. The number of nitrogens with zero attached hydrogens (tertiary/aromatic N) is 2. The van der Waals surface area contributed by atoms with Crippen molar-refractivity contribution in [3.8, 4) is 17.0 Å². The van der Waals surface area contributed by atoms with Gasteiger partial charge in [-0.2, -0.15) is 0 Å². The fourth-order valence-electron chi connectivity index (χ4n) is 2.18. The van der Waals surface area contributed by atoms with E-state index in [0.29, 0.717) is 5.65 Å². The molecule has 0 spiro atoms. The first-order valence-electron chi connectivity index (χ1n) is 6.10. The van der Waals surface area contributed by atoms with Crippen molar-refractivity contribution < 1.29 is 9.13 Å². The van der Waals surface area contributed by atoms with Crippen LogP contribution in [0, 0.1) is 5.82 Å². The quantitative estimate of drug-likeness (QED) is 0.684. The average molecular weight is 291 g/mol. The van der Waals surface area contributed by atoms with Crippen LogP contribution in [0.5, 0.6) is 5.75 Å². The van der Waals surface area contributed by atoms with Gasteiger partial charge in [0.25, 0.3) is 0 Å². The molecule has 0 bridgehead atoms. The number of hydrogen-bond acceptors (Lipinski definition) is 2. The van der Waals surface area contributed by atoms with Crippen molar-refractivity contribution in [2.75, 3.05) is 7.11 Å². The molecule has 0 fully saturated rings. The molecule has 3 rings (SSSR count). The predicted molar refractivity (Wildman–Crippen MR) is 76.7 cm³/mol. The number of aromatic nitrogens is 2. The lowest BCUT2D eigenvalue weighted by molar-refractivity contribution is 0.415. The molecule has 1 aromatic carbocycles. The maximum absolute atomic E-state index is 13.4. The first-order chi connectivity index (χ1) is 9.72. The van der Waals surface area contributed by atoms with Crippen LogP contribution in [-0.4, -0.2) is 16.5 Å². The Hall–Kier alpha value is -2.07. The highest BCUT2D eigenvalue weighted by molar-refractivity contribution is 6.17. The summed E-state index contributed by atoms with van der Waals surface area (Å²) in [5, 5.41) is 0. The zero-order valence-corrected chi connectivity index (χ0v) is 11.6. The molecule has 0 aliphatic rings. The Balaban J connectivity index is 2.19. The summed E-state index contributed by atoms with van der Waals surface area (Å²) in [6.07, 6.45) is 1.40. The minimum Gasteiger partial charge on any atom is -0.497 e. The number of halogens is 2. The summed E-state index contributed by atoms with van der Waals surface area (Å²) in [5.41, 5.74) is 3.12. The van der Waals surface area contributed by atoms with E-state index in [9.17, 15) is 4.39 Å². The van der Waals surface area contributed by atoms with Gasteiger partial charge in [0.1, 0.15) is 17.2 Å². The zero-order chi connectivity index (χ0) is 14.1. The van der Waals surface area contributed by atoms with E-state index in [1.165, 1.54) is 12.3 Å². The molecule has 0 unspecified atom stereocenters. The lowest BCUT2D eigenvalue weighted by Crippen LogP contribution is -1.92. The minimum atomic E-state index is -0.317.